The lowest BCUT2D eigenvalue weighted by atomic mass is 10.3. The highest BCUT2D eigenvalue weighted by Gasteiger charge is 2.01. The van der Waals surface area contributed by atoms with E-state index >= 15 is 0 Å². The van der Waals surface area contributed by atoms with Gasteiger partial charge in [-0.25, -0.2) is 0 Å². The summed E-state index contributed by atoms with van der Waals surface area (Å²) in [4.78, 5) is 21.1. The largest absolute Gasteiger partial charge is 0.366 e. The van der Waals surface area contributed by atoms with Crippen molar-refractivity contribution >= 4 is 11.8 Å². The predicted molar refractivity (Wildman–Crippen MR) is 44.7 cm³/mol. The zero-order valence-electron chi connectivity index (χ0n) is 6.54. The molecule has 0 unspecified atom stereocenters. The number of carbonyl (C=O) groups excluding carboxylic acids is 2. The normalized spacial score (nSPS) is 10.6. The topological polar surface area (TPSA) is 98.2 Å². The van der Waals surface area contributed by atoms with Crippen LogP contribution >= 0.6 is 0 Å². The van der Waals surface area contributed by atoms with E-state index in [1.165, 1.54) is 6.20 Å². The molecule has 2 amide bonds. The molecule has 0 bridgehead atoms. The number of hydrogen-bond donors (Lipinski definition) is 3. The highest BCUT2D eigenvalue weighted by Crippen LogP contribution is 1.85. The molecule has 0 rings (SSSR count). The van der Waals surface area contributed by atoms with Crippen LogP contribution in [0.2, 0.25) is 0 Å². The number of amides is 2. The van der Waals surface area contributed by atoms with Gasteiger partial charge in [-0.15, -0.1) is 0 Å². The molecule has 0 radical (unpaired) electrons. The molecule has 0 spiro atoms. The number of hydrogen-bond acceptors (Lipinski definition) is 3. The van der Waals surface area contributed by atoms with Crippen molar-refractivity contribution in [1.82, 2.24) is 5.32 Å². The van der Waals surface area contributed by atoms with Crippen LogP contribution in [0.1, 0.15) is 0 Å². The second kappa shape index (κ2) is 5.09. The summed E-state index contributed by atoms with van der Waals surface area (Å²) in [6, 6.07) is 0. The fourth-order valence-corrected chi connectivity index (χ4v) is 0.448. The minimum absolute atomic E-state index is 0.00719. The van der Waals surface area contributed by atoms with Gasteiger partial charge in [0.2, 0.25) is 11.8 Å². The molecular formula is C7H11N3O2. The van der Waals surface area contributed by atoms with E-state index in [0.29, 0.717) is 0 Å². The third kappa shape index (κ3) is 3.52. The average Bonchev–Trinajstić information content (AvgIpc) is 2.04. The second-order valence-electron chi connectivity index (χ2n) is 1.95. The molecule has 0 aliphatic carbocycles. The van der Waals surface area contributed by atoms with Gasteiger partial charge in [0, 0.05) is 18.3 Å². The van der Waals surface area contributed by atoms with Gasteiger partial charge in [-0.3, -0.25) is 9.59 Å². The molecule has 0 aliphatic rings. The smallest absolute Gasteiger partial charge is 0.247 e. The van der Waals surface area contributed by atoms with Gasteiger partial charge in [0.1, 0.15) is 0 Å². The number of nitrogens with one attached hydrogen (secondary N) is 1. The molecule has 0 atom stereocenters. The molecule has 0 aromatic carbocycles. The summed E-state index contributed by atoms with van der Waals surface area (Å²) < 4.78 is 0. The zero-order valence-corrected chi connectivity index (χ0v) is 6.54. The SMILES string of the molecule is C=CC(=O)NC=C(CN)C(N)=O. The van der Waals surface area contributed by atoms with Gasteiger partial charge in [0.15, 0.2) is 0 Å². The number of primary amides is 1. The Hall–Kier alpha value is -1.62. The van der Waals surface area contributed by atoms with Crippen LogP contribution in [0.3, 0.4) is 0 Å². The van der Waals surface area contributed by atoms with E-state index in [0.717, 1.165) is 6.08 Å². The van der Waals surface area contributed by atoms with Crippen LogP contribution in [0.5, 0.6) is 0 Å². The van der Waals surface area contributed by atoms with Gasteiger partial charge in [-0.1, -0.05) is 6.58 Å². The number of rotatable bonds is 4. The third-order valence-corrected chi connectivity index (χ3v) is 1.11. The summed E-state index contributed by atoms with van der Waals surface area (Å²) in [6.45, 7) is 3.21. The Kier molecular flexibility index (Phi) is 4.40. The zero-order chi connectivity index (χ0) is 9.56. The molecule has 0 saturated heterocycles. The van der Waals surface area contributed by atoms with Crippen molar-refractivity contribution in [2.24, 2.45) is 11.5 Å². The summed E-state index contributed by atoms with van der Waals surface area (Å²) in [5.41, 5.74) is 10.2. The van der Waals surface area contributed by atoms with E-state index in [1.807, 2.05) is 0 Å². The first-order valence-electron chi connectivity index (χ1n) is 3.23. The van der Waals surface area contributed by atoms with Crippen LogP contribution in [0.15, 0.2) is 24.4 Å². The fourth-order valence-electron chi connectivity index (χ4n) is 0.448. The summed E-state index contributed by atoms with van der Waals surface area (Å²) in [6.07, 6.45) is 2.25. The summed E-state index contributed by atoms with van der Waals surface area (Å²) >= 11 is 0. The van der Waals surface area contributed by atoms with E-state index in [1.54, 1.807) is 0 Å². The highest BCUT2D eigenvalue weighted by atomic mass is 16.2. The van der Waals surface area contributed by atoms with Crippen molar-refractivity contribution in [2.75, 3.05) is 6.54 Å². The summed E-state index contributed by atoms with van der Waals surface area (Å²) in [5, 5.41) is 2.26. The molecule has 0 aliphatic heterocycles. The Morgan fingerprint density at radius 1 is 1.50 bits per heavy atom. The van der Waals surface area contributed by atoms with Crippen LogP contribution in [0.25, 0.3) is 0 Å². The summed E-state index contributed by atoms with van der Waals surface area (Å²) in [5.74, 6) is -1.07. The highest BCUT2D eigenvalue weighted by molar-refractivity contribution is 5.94. The maximum Gasteiger partial charge on any atom is 0.247 e. The van der Waals surface area contributed by atoms with Crippen molar-refractivity contribution in [3.05, 3.63) is 24.4 Å². The van der Waals surface area contributed by atoms with Gasteiger partial charge in [-0.05, 0) is 6.08 Å². The van der Waals surface area contributed by atoms with Crippen molar-refractivity contribution in [3.63, 3.8) is 0 Å². The first-order chi connectivity index (χ1) is 5.61. The van der Waals surface area contributed by atoms with Gasteiger partial charge in [0.05, 0.1) is 0 Å². The molecule has 0 heterocycles. The molecule has 0 fully saturated rings. The molecule has 12 heavy (non-hydrogen) atoms. The standard InChI is InChI=1S/C7H11N3O2/c1-2-6(11)10-4-5(3-8)7(9)12/h2,4H,1,3,8H2,(H2,9,12)(H,10,11). The van der Waals surface area contributed by atoms with Gasteiger partial charge in [-0.2, -0.15) is 0 Å². The summed E-state index contributed by atoms with van der Waals surface area (Å²) in [7, 11) is 0. The van der Waals surface area contributed by atoms with Crippen LogP contribution in [-0.2, 0) is 9.59 Å². The Morgan fingerprint density at radius 3 is 2.42 bits per heavy atom. The first kappa shape index (κ1) is 10.4. The second-order valence-corrected chi connectivity index (χ2v) is 1.95. The van der Waals surface area contributed by atoms with E-state index in [-0.39, 0.29) is 12.1 Å². The van der Waals surface area contributed by atoms with E-state index in [2.05, 4.69) is 11.9 Å². The molecular weight excluding hydrogens is 158 g/mol. The quantitative estimate of drug-likeness (QED) is 0.452. The third-order valence-electron chi connectivity index (χ3n) is 1.11. The van der Waals surface area contributed by atoms with Crippen molar-refractivity contribution in [3.8, 4) is 0 Å². The van der Waals surface area contributed by atoms with E-state index < -0.39 is 11.8 Å². The van der Waals surface area contributed by atoms with Gasteiger partial charge in [0.25, 0.3) is 0 Å². The Labute approximate surface area is 70.1 Å². The first-order valence-corrected chi connectivity index (χ1v) is 3.23. The van der Waals surface area contributed by atoms with Crippen LogP contribution in [0.4, 0.5) is 0 Å². The van der Waals surface area contributed by atoms with E-state index in [9.17, 15) is 9.59 Å². The predicted octanol–water partition coefficient (Wildman–Crippen LogP) is -1.38. The van der Waals surface area contributed by atoms with E-state index in [4.69, 9.17) is 11.5 Å². The van der Waals surface area contributed by atoms with Crippen molar-refractivity contribution in [1.29, 1.82) is 0 Å². The lowest BCUT2D eigenvalue weighted by Crippen LogP contribution is -2.24. The van der Waals surface area contributed by atoms with Crippen molar-refractivity contribution < 1.29 is 9.59 Å². The van der Waals surface area contributed by atoms with Gasteiger partial charge >= 0.3 is 0 Å². The Balaban J connectivity index is 4.21. The monoisotopic (exact) mass is 169 g/mol. The molecule has 0 aromatic rings. The lowest BCUT2D eigenvalue weighted by molar-refractivity contribution is -0.115. The van der Waals surface area contributed by atoms with Crippen LogP contribution in [-0.4, -0.2) is 18.4 Å². The Morgan fingerprint density at radius 2 is 2.08 bits per heavy atom. The fraction of sp³-hybridized carbons (Fsp3) is 0.143. The molecule has 5 nitrogen and oxygen atoms in total. The molecule has 66 valence electrons. The molecule has 5 N–H and O–H groups in total. The molecule has 0 aromatic heterocycles. The Bertz CT molecular complexity index is 233. The minimum Gasteiger partial charge on any atom is -0.366 e. The lowest BCUT2D eigenvalue weighted by Gasteiger charge is -1.98. The average molecular weight is 169 g/mol. The number of carbonyl (C=O) groups is 2. The molecule has 5 heteroatoms. The molecule has 0 saturated carbocycles. The number of nitrogens with two attached hydrogens (primary N) is 2. The maximum absolute atomic E-state index is 10.6. The van der Waals surface area contributed by atoms with Crippen molar-refractivity contribution in [2.45, 2.75) is 0 Å². The maximum atomic E-state index is 10.6. The minimum atomic E-state index is -0.651. The van der Waals surface area contributed by atoms with Gasteiger partial charge < -0.3 is 16.8 Å². The van der Waals surface area contributed by atoms with Crippen LogP contribution < -0.4 is 16.8 Å². The van der Waals surface area contributed by atoms with Crippen LogP contribution in [0, 0.1) is 0 Å².